The number of rotatable bonds is 8. The van der Waals surface area contributed by atoms with Crippen molar-refractivity contribution in [3.63, 3.8) is 0 Å². The van der Waals surface area contributed by atoms with Crippen molar-refractivity contribution >= 4 is 6.09 Å². The second kappa shape index (κ2) is 9.40. The van der Waals surface area contributed by atoms with Crippen molar-refractivity contribution in [3.8, 4) is 5.75 Å². The Balaban J connectivity index is 2.31. The van der Waals surface area contributed by atoms with Crippen LogP contribution < -0.4 is 15.4 Å². The van der Waals surface area contributed by atoms with Crippen LogP contribution in [0.4, 0.5) is 4.79 Å². The van der Waals surface area contributed by atoms with Crippen LogP contribution in [0.2, 0.25) is 0 Å². The monoisotopic (exact) mass is 322 g/mol. The fraction of sp³-hybridized carbons (Fsp3) is 0.611. The third-order valence-corrected chi connectivity index (χ3v) is 2.91. The van der Waals surface area contributed by atoms with Gasteiger partial charge in [-0.3, -0.25) is 0 Å². The van der Waals surface area contributed by atoms with Gasteiger partial charge in [0.2, 0.25) is 0 Å². The lowest BCUT2D eigenvalue weighted by Crippen LogP contribution is -2.42. The van der Waals surface area contributed by atoms with Gasteiger partial charge in [0.1, 0.15) is 11.4 Å². The molecule has 1 aromatic carbocycles. The molecule has 0 fully saturated rings. The first-order valence-electron chi connectivity index (χ1n) is 8.22. The molecule has 0 heterocycles. The van der Waals surface area contributed by atoms with Gasteiger partial charge in [-0.1, -0.05) is 19.1 Å². The van der Waals surface area contributed by atoms with E-state index >= 15 is 0 Å². The minimum atomic E-state index is -0.476. The van der Waals surface area contributed by atoms with Gasteiger partial charge in [0.05, 0.1) is 6.61 Å². The Bertz CT molecular complexity index is 483. The molecule has 0 aliphatic carbocycles. The zero-order valence-corrected chi connectivity index (χ0v) is 14.9. The molecule has 1 atom stereocenters. The van der Waals surface area contributed by atoms with Crippen LogP contribution in [0.5, 0.6) is 5.75 Å². The van der Waals surface area contributed by atoms with E-state index < -0.39 is 5.60 Å². The molecule has 5 nitrogen and oxygen atoms in total. The number of benzene rings is 1. The molecular formula is C18H30N2O3. The Hall–Kier alpha value is -1.75. The highest BCUT2D eigenvalue weighted by molar-refractivity contribution is 5.68. The number of nitrogens with one attached hydrogen (secondary N) is 2. The van der Waals surface area contributed by atoms with Gasteiger partial charge in [0.15, 0.2) is 0 Å². The molecule has 1 amide bonds. The van der Waals surface area contributed by atoms with E-state index in [0.29, 0.717) is 6.54 Å². The molecule has 0 aromatic heterocycles. The van der Waals surface area contributed by atoms with Crippen LogP contribution >= 0.6 is 0 Å². The van der Waals surface area contributed by atoms with Gasteiger partial charge in [-0.25, -0.2) is 4.79 Å². The summed E-state index contributed by atoms with van der Waals surface area (Å²) < 4.78 is 10.9. The van der Waals surface area contributed by atoms with Gasteiger partial charge in [0.25, 0.3) is 0 Å². The average Bonchev–Trinajstić information content (AvgIpc) is 2.43. The maximum Gasteiger partial charge on any atom is 0.407 e. The molecule has 2 N–H and O–H groups in total. The minimum Gasteiger partial charge on any atom is -0.494 e. The lowest BCUT2D eigenvalue weighted by atomic mass is 10.2. The van der Waals surface area contributed by atoms with Gasteiger partial charge in [0, 0.05) is 19.1 Å². The molecule has 0 bridgehead atoms. The molecule has 130 valence electrons. The van der Waals surface area contributed by atoms with E-state index in [-0.39, 0.29) is 12.1 Å². The zero-order chi connectivity index (χ0) is 17.3. The van der Waals surface area contributed by atoms with E-state index in [1.165, 1.54) is 0 Å². The first-order valence-corrected chi connectivity index (χ1v) is 8.22. The van der Waals surface area contributed by atoms with Gasteiger partial charge in [-0.05, 0) is 51.8 Å². The number of hydrogen-bond acceptors (Lipinski definition) is 4. The van der Waals surface area contributed by atoms with Crippen LogP contribution in [0.1, 0.15) is 46.6 Å². The average molecular weight is 322 g/mol. The van der Waals surface area contributed by atoms with Crippen LogP contribution in [0.15, 0.2) is 24.3 Å². The molecule has 0 saturated carbocycles. The summed E-state index contributed by atoms with van der Waals surface area (Å²) >= 11 is 0. The molecule has 0 spiro atoms. The van der Waals surface area contributed by atoms with Gasteiger partial charge >= 0.3 is 6.09 Å². The SMILES string of the molecule is CCCOc1cccc(CNCC(C)NC(=O)OC(C)(C)C)c1. The predicted octanol–water partition coefficient (Wildman–Crippen LogP) is 3.48. The van der Waals surface area contributed by atoms with Crippen LogP contribution in [-0.2, 0) is 11.3 Å². The number of amides is 1. The number of carbonyl (C=O) groups excluding carboxylic acids is 1. The molecular weight excluding hydrogens is 292 g/mol. The number of alkyl carbamates (subject to hydrolysis) is 1. The zero-order valence-electron chi connectivity index (χ0n) is 14.9. The summed E-state index contributed by atoms with van der Waals surface area (Å²) in [5, 5.41) is 6.14. The summed E-state index contributed by atoms with van der Waals surface area (Å²) in [7, 11) is 0. The fourth-order valence-electron chi connectivity index (χ4n) is 1.96. The topological polar surface area (TPSA) is 59.6 Å². The van der Waals surface area contributed by atoms with Gasteiger partial charge < -0.3 is 20.1 Å². The van der Waals surface area contributed by atoms with Gasteiger partial charge in [-0.2, -0.15) is 0 Å². The number of ether oxygens (including phenoxy) is 2. The predicted molar refractivity (Wildman–Crippen MR) is 92.8 cm³/mol. The Morgan fingerprint density at radius 3 is 2.70 bits per heavy atom. The summed E-state index contributed by atoms with van der Waals surface area (Å²) in [5.41, 5.74) is 0.680. The van der Waals surface area contributed by atoms with Crippen molar-refractivity contribution in [2.45, 2.75) is 59.2 Å². The van der Waals surface area contributed by atoms with Crippen molar-refractivity contribution in [2.24, 2.45) is 0 Å². The van der Waals surface area contributed by atoms with Crippen LogP contribution in [-0.4, -0.2) is 30.9 Å². The summed E-state index contributed by atoms with van der Waals surface area (Å²) in [6.07, 6.45) is 0.609. The summed E-state index contributed by atoms with van der Waals surface area (Å²) in [6.45, 7) is 11.7. The van der Waals surface area contributed by atoms with Gasteiger partial charge in [-0.15, -0.1) is 0 Å². The van der Waals surface area contributed by atoms with Crippen molar-refractivity contribution in [3.05, 3.63) is 29.8 Å². The molecule has 23 heavy (non-hydrogen) atoms. The molecule has 1 rings (SSSR count). The second-order valence-electron chi connectivity index (χ2n) is 6.67. The molecule has 0 aliphatic rings. The minimum absolute atomic E-state index is 0.00984. The van der Waals surface area contributed by atoms with Crippen molar-refractivity contribution in [2.75, 3.05) is 13.2 Å². The van der Waals surface area contributed by atoms with E-state index in [0.717, 1.165) is 30.9 Å². The first-order chi connectivity index (χ1) is 10.8. The van der Waals surface area contributed by atoms with Crippen LogP contribution in [0.3, 0.4) is 0 Å². The Labute approximate surface area is 139 Å². The van der Waals surface area contributed by atoms with E-state index in [1.54, 1.807) is 0 Å². The maximum atomic E-state index is 11.7. The van der Waals surface area contributed by atoms with E-state index in [1.807, 2.05) is 45.9 Å². The quantitative estimate of drug-likeness (QED) is 0.769. The highest BCUT2D eigenvalue weighted by Gasteiger charge is 2.17. The van der Waals surface area contributed by atoms with Crippen LogP contribution in [0, 0.1) is 0 Å². The lowest BCUT2D eigenvalue weighted by molar-refractivity contribution is 0.0508. The first kappa shape index (κ1) is 19.3. The molecule has 1 unspecified atom stereocenters. The summed E-state index contributed by atoms with van der Waals surface area (Å²) in [6, 6.07) is 8.03. The maximum absolute atomic E-state index is 11.7. The van der Waals surface area contributed by atoms with E-state index in [4.69, 9.17) is 9.47 Å². The standard InChI is InChI=1S/C18H30N2O3/c1-6-10-22-16-9-7-8-15(11-16)13-19-12-14(2)20-17(21)23-18(3,4)5/h7-9,11,14,19H,6,10,12-13H2,1-5H3,(H,20,21). The van der Waals surface area contributed by atoms with Crippen molar-refractivity contribution in [1.29, 1.82) is 0 Å². The largest absolute Gasteiger partial charge is 0.494 e. The smallest absolute Gasteiger partial charge is 0.407 e. The third-order valence-electron chi connectivity index (χ3n) is 2.91. The molecule has 0 aliphatic heterocycles. The molecule has 0 saturated heterocycles. The Morgan fingerprint density at radius 2 is 2.04 bits per heavy atom. The highest BCUT2D eigenvalue weighted by atomic mass is 16.6. The number of carbonyl (C=O) groups is 1. The highest BCUT2D eigenvalue weighted by Crippen LogP contribution is 2.13. The number of hydrogen-bond donors (Lipinski definition) is 2. The Kier molecular flexibility index (Phi) is 7.89. The van der Waals surface area contributed by atoms with Crippen molar-refractivity contribution in [1.82, 2.24) is 10.6 Å². The lowest BCUT2D eigenvalue weighted by Gasteiger charge is -2.22. The molecule has 1 aromatic rings. The second-order valence-corrected chi connectivity index (χ2v) is 6.67. The summed E-state index contributed by atoms with van der Waals surface area (Å²) in [5.74, 6) is 0.895. The molecule has 0 radical (unpaired) electrons. The fourth-order valence-corrected chi connectivity index (χ4v) is 1.96. The molecule has 5 heteroatoms. The van der Waals surface area contributed by atoms with E-state index in [2.05, 4.69) is 23.6 Å². The van der Waals surface area contributed by atoms with E-state index in [9.17, 15) is 4.79 Å². The summed E-state index contributed by atoms with van der Waals surface area (Å²) in [4.78, 5) is 11.7. The normalized spacial score (nSPS) is 12.6. The van der Waals surface area contributed by atoms with Crippen molar-refractivity contribution < 1.29 is 14.3 Å². The van der Waals surface area contributed by atoms with Crippen LogP contribution in [0.25, 0.3) is 0 Å². The Morgan fingerprint density at radius 1 is 1.30 bits per heavy atom. The third kappa shape index (κ3) is 9.08.